The molecule has 0 saturated heterocycles. The van der Waals surface area contributed by atoms with Gasteiger partial charge in [0.1, 0.15) is 0 Å². The maximum atomic E-state index is 5.10. The summed E-state index contributed by atoms with van der Waals surface area (Å²) in [4.78, 5) is 0. The lowest BCUT2D eigenvalue weighted by Crippen LogP contribution is -2.28. The summed E-state index contributed by atoms with van der Waals surface area (Å²) in [6.07, 6.45) is 2.44. The van der Waals surface area contributed by atoms with Crippen LogP contribution in [0.15, 0.2) is 18.2 Å². The quantitative estimate of drug-likeness (QED) is 0.694. The van der Waals surface area contributed by atoms with Crippen LogP contribution in [0.5, 0.6) is 0 Å². The van der Waals surface area contributed by atoms with E-state index in [1.54, 1.807) is 7.11 Å². The van der Waals surface area contributed by atoms with Gasteiger partial charge in [-0.25, -0.2) is 0 Å². The first-order chi connectivity index (χ1) is 9.52. The minimum Gasteiger partial charge on any atom is -0.383 e. The fraction of sp³-hybridized carbons (Fsp3) is 0.667. The maximum absolute atomic E-state index is 5.10. The highest BCUT2D eigenvalue weighted by Crippen LogP contribution is 2.20. The molecule has 0 aliphatic rings. The van der Waals surface area contributed by atoms with E-state index in [4.69, 9.17) is 4.74 Å². The smallest absolute Gasteiger partial charge is 0.0587 e. The molecule has 1 atom stereocenters. The molecule has 20 heavy (non-hydrogen) atoms. The topological polar surface area (TPSA) is 21.3 Å². The average Bonchev–Trinajstić information content (AvgIpc) is 2.38. The number of aryl methyl sites for hydroxylation is 2. The van der Waals surface area contributed by atoms with Crippen LogP contribution < -0.4 is 5.32 Å². The highest BCUT2D eigenvalue weighted by atomic mass is 16.5. The molecule has 1 N–H and O–H groups in total. The molecular formula is C18H31NO. The second-order valence-corrected chi connectivity index (χ2v) is 6.33. The first-order valence-electron chi connectivity index (χ1n) is 7.78. The van der Waals surface area contributed by atoms with Crippen molar-refractivity contribution in [2.75, 3.05) is 26.8 Å². The first-order valence-corrected chi connectivity index (χ1v) is 7.78. The molecule has 1 unspecified atom stereocenters. The number of methoxy groups -OCH3 is 1. The van der Waals surface area contributed by atoms with Crippen LogP contribution in [0.4, 0.5) is 0 Å². The summed E-state index contributed by atoms with van der Waals surface area (Å²) < 4.78 is 5.10. The van der Waals surface area contributed by atoms with Gasteiger partial charge in [-0.1, -0.05) is 37.6 Å². The summed E-state index contributed by atoms with van der Waals surface area (Å²) in [6.45, 7) is 11.8. The SMILES string of the molecule is COCCNCC(Cc1cc(C)ccc1C)CC(C)C. The van der Waals surface area contributed by atoms with E-state index in [0.29, 0.717) is 5.92 Å². The molecule has 0 spiro atoms. The highest BCUT2D eigenvalue weighted by molar-refractivity contribution is 5.30. The minimum atomic E-state index is 0.701. The van der Waals surface area contributed by atoms with Gasteiger partial charge in [-0.2, -0.15) is 0 Å². The second-order valence-electron chi connectivity index (χ2n) is 6.33. The van der Waals surface area contributed by atoms with Crippen LogP contribution in [0.25, 0.3) is 0 Å². The molecule has 0 radical (unpaired) electrons. The van der Waals surface area contributed by atoms with Crippen molar-refractivity contribution in [2.45, 2.75) is 40.5 Å². The Bertz CT molecular complexity index is 387. The molecule has 0 aliphatic carbocycles. The zero-order chi connectivity index (χ0) is 15.0. The summed E-state index contributed by atoms with van der Waals surface area (Å²) in [5.74, 6) is 1.45. The van der Waals surface area contributed by atoms with Crippen molar-refractivity contribution in [1.82, 2.24) is 5.32 Å². The normalized spacial score (nSPS) is 12.9. The Morgan fingerprint density at radius 3 is 2.60 bits per heavy atom. The maximum Gasteiger partial charge on any atom is 0.0587 e. The van der Waals surface area contributed by atoms with Crippen molar-refractivity contribution in [3.63, 3.8) is 0 Å². The van der Waals surface area contributed by atoms with Gasteiger partial charge in [0.2, 0.25) is 0 Å². The Balaban J connectivity index is 2.60. The molecule has 1 aromatic rings. The molecule has 0 aromatic heterocycles. The predicted molar refractivity (Wildman–Crippen MR) is 87.3 cm³/mol. The Morgan fingerprint density at radius 2 is 1.95 bits per heavy atom. The second kappa shape index (κ2) is 9.15. The molecule has 0 aliphatic heterocycles. The molecule has 0 fully saturated rings. The lowest BCUT2D eigenvalue weighted by Gasteiger charge is -2.21. The fourth-order valence-electron chi connectivity index (χ4n) is 2.72. The van der Waals surface area contributed by atoms with Crippen LogP contribution in [-0.4, -0.2) is 26.8 Å². The lowest BCUT2D eigenvalue weighted by atomic mass is 9.89. The zero-order valence-electron chi connectivity index (χ0n) is 13.8. The Morgan fingerprint density at radius 1 is 1.20 bits per heavy atom. The predicted octanol–water partition coefficient (Wildman–Crippen LogP) is 3.74. The van der Waals surface area contributed by atoms with E-state index in [2.05, 4.69) is 51.2 Å². The lowest BCUT2D eigenvalue weighted by molar-refractivity contribution is 0.197. The van der Waals surface area contributed by atoms with E-state index < -0.39 is 0 Å². The number of hydrogen-bond acceptors (Lipinski definition) is 2. The molecule has 2 nitrogen and oxygen atoms in total. The minimum absolute atomic E-state index is 0.701. The number of ether oxygens (including phenoxy) is 1. The van der Waals surface area contributed by atoms with E-state index >= 15 is 0 Å². The average molecular weight is 277 g/mol. The fourth-order valence-corrected chi connectivity index (χ4v) is 2.72. The van der Waals surface area contributed by atoms with E-state index in [1.165, 1.54) is 29.5 Å². The summed E-state index contributed by atoms with van der Waals surface area (Å²) in [5.41, 5.74) is 4.28. The third-order valence-electron chi connectivity index (χ3n) is 3.73. The van der Waals surface area contributed by atoms with Gasteiger partial charge in [0.15, 0.2) is 0 Å². The van der Waals surface area contributed by atoms with Gasteiger partial charge in [0.25, 0.3) is 0 Å². The van der Waals surface area contributed by atoms with Crippen molar-refractivity contribution >= 4 is 0 Å². The van der Waals surface area contributed by atoms with Crippen LogP contribution in [-0.2, 0) is 11.2 Å². The third kappa shape index (κ3) is 6.53. The van der Waals surface area contributed by atoms with Crippen molar-refractivity contribution in [3.8, 4) is 0 Å². The largest absolute Gasteiger partial charge is 0.383 e. The van der Waals surface area contributed by atoms with Gasteiger partial charge in [-0.3, -0.25) is 0 Å². The van der Waals surface area contributed by atoms with Crippen LogP contribution >= 0.6 is 0 Å². The summed E-state index contributed by atoms with van der Waals surface area (Å²) in [7, 11) is 1.75. The zero-order valence-corrected chi connectivity index (χ0v) is 13.8. The summed E-state index contributed by atoms with van der Waals surface area (Å²) in [5, 5.41) is 3.52. The standard InChI is InChI=1S/C18H31NO/c1-14(2)10-17(13-19-8-9-20-5)12-18-11-15(3)6-7-16(18)4/h6-7,11,14,17,19H,8-10,12-13H2,1-5H3. The summed E-state index contributed by atoms with van der Waals surface area (Å²) in [6, 6.07) is 6.79. The van der Waals surface area contributed by atoms with Crippen LogP contribution in [0, 0.1) is 25.7 Å². The molecule has 114 valence electrons. The molecular weight excluding hydrogens is 246 g/mol. The van der Waals surface area contributed by atoms with Gasteiger partial charge in [-0.15, -0.1) is 0 Å². The molecule has 0 heterocycles. The number of nitrogens with one attached hydrogen (secondary N) is 1. The third-order valence-corrected chi connectivity index (χ3v) is 3.73. The van der Waals surface area contributed by atoms with Gasteiger partial charge >= 0.3 is 0 Å². The molecule has 0 saturated carbocycles. The van der Waals surface area contributed by atoms with E-state index in [1.807, 2.05) is 0 Å². The monoisotopic (exact) mass is 277 g/mol. The van der Waals surface area contributed by atoms with E-state index in [0.717, 1.165) is 25.6 Å². The number of benzene rings is 1. The van der Waals surface area contributed by atoms with E-state index in [-0.39, 0.29) is 0 Å². The summed E-state index contributed by atoms with van der Waals surface area (Å²) >= 11 is 0. The number of hydrogen-bond donors (Lipinski definition) is 1. The molecule has 0 bridgehead atoms. The Labute approximate surface area is 124 Å². The van der Waals surface area contributed by atoms with Crippen molar-refractivity contribution in [1.29, 1.82) is 0 Å². The molecule has 1 aromatic carbocycles. The molecule has 0 amide bonds. The number of rotatable bonds is 9. The van der Waals surface area contributed by atoms with Gasteiger partial charge in [0.05, 0.1) is 6.61 Å². The van der Waals surface area contributed by atoms with Crippen molar-refractivity contribution < 1.29 is 4.74 Å². The first kappa shape index (κ1) is 17.2. The van der Waals surface area contributed by atoms with Gasteiger partial charge < -0.3 is 10.1 Å². The van der Waals surface area contributed by atoms with Gasteiger partial charge in [-0.05, 0) is 56.2 Å². The molecule has 2 heteroatoms. The van der Waals surface area contributed by atoms with Crippen molar-refractivity contribution in [2.24, 2.45) is 11.8 Å². The van der Waals surface area contributed by atoms with Crippen LogP contribution in [0.3, 0.4) is 0 Å². The van der Waals surface area contributed by atoms with Crippen LogP contribution in [0.1, 0.15) is 37.0 Å². The highest BCUT2D eigenvalue weighted by Gasteiger charge is 2.13. The Hall–Kier alpha value is -0.860. The molecule has 1 rings (SSSR count). The van der Waals surface area contributed by atoms with Gasteiger partial charge in [0, 0.05) is 13.7 Å². The van der Waals surface area contributed by atoms with Crippen molar-refractivity contribution in [3.05, 3.63) is 34.9 Å². The van der Waals surface area contributed by atoms with E-state index in [9.17, 15) is 0 Å². The van der Waals surface area contributed by atoms with Crippen LogP contribution in [0.2, 0.25) is 0 Å². The Kier molecular flexibility index (Phi) is 7.86.